The smallest absolute Gasteiger partial charge is 0.361 e. The lowest BCUT2D eigenvalue weighted by Gasteiger charge is -2.27. The molecule has 1 saturated heterocycles. The molecule has 1 heterocycles. The van der Waals surface area contributed by atoms with Crippen molar-refractivity contribution in [3.05, 3.63) is 57.6 Å². The molecule has 1 fully saturated rings. The Morgan fingerprint density at radius 1 is 0.885 bits per heavy atom. The number of hydrogen-bond acceptors (Lipinski definition) is 2. The van der Waals surface area contributed by atoms with Gasteiger partial charge in [0.2, 0.25) is 0 Å². The van der Waals surface area contributed by atoms with Gasteiger partial charge in [0.1, 0.15) is 0 Å². The number of hydrogen-bond donors (Lipinski definition) is 0. The predicted octanol–water partition coefficient (Wildman–Crippen LogP) is 4.22. The first-order chi connectivity index (χ1) is 12.5. The largest absolute Gasteiger partial charge is 0.426 e. The Morgan fingerprint density at radius 3 is 1.92 bits per heavy atom. The summed E-state index contributed by atoms with van der Waals surface area (Å²) >= 11 is 12.7. The first-order valence-corrected chi connectivity index (χ1v) is 10.2. The van der Waals surface area contributed by atoms with Gasteiger partial charge in [0, 0.05) is 23.2 Å². The second kappa shape index (κ2) is 9.28. The highest BCUT2D eigenvalue weighted by atomic mass is 35.5. The topological polar surface area (TPSA) is 12.5 Å². The molecule has 0 unspecified atom stereocenters. The SMILES string of the molecule is Cc1ccc(B(OCCN2CCCCC2)c2ccc(C)c(Cl)c2)cc1Cl. The normalized spacial score (nSPS) is 15.2. The lowest BCUT2D eigenvalue weighted by Crippen LogP contribution is -2.46. The van der Waals surface area contributed by atoms with Crippen molar-refractivity contribution in [2.24, 2.45) is 0 Å². The highest BCUT2D eigenvalue weighted by molar-refractivity contribution is 6.80. The van der Waals surface area contributed by atoms with Crippen LogP contribution in [0.5, 0.6) is 0 Å². The number of aryl methyl sites for hydroxylation is 2. The van der Waals surface area contributed by atoms with Gasteiger partial charge in [-0.3, -0.25) is 0 Å². The molecule has 5 heteroatoms. The molecular formula is C21H26BCl2NO. The molecule has 3 rings (SSSR count). The first-order valence-electron chi connectivity index (χ1n) is 9.40. The second-order valence-electron chi connectivity index (χ2n) is 7.17. The van der Waals surface area contributed by atoms with E-state index < -0.39 is 0 Å². The summed E-state index contributed by atoms with van der Waals surface area (Å²) in [7, 11) is 0. The highest BCUT2D eigenvalue weighted by Gasteiger charge is 2.23. The summed E-state index contributed by atoms with van der Waals surface area (Å²) in [4.78, 5) is 2.49. The molecule has 2 nitrogen and oxygen atoms in total. The molecule has 138 valence electrons. The van der Waals surface area contributed by atoms with Crippen LogP contribution in [-0.4, -0.2) is 38.1 Å². The van der Waals surface area contributed by atoms with Crippen molar-refractivity contribution in [1.82, 2.24) is 4.90 Å². The zero-order chi connectivity index (χ0) is 18.5. The van der Waals surface area contributed by atoms with Gasteiger partial charge < -0.3 is 9.55 Å². The number of piperidine rings is 1. The van der Waals surface area contributed by atoms with Crippen molar-refractivity contribution < 1.29 is 4.65 Å². The fraction of sp³-hybridized carbons (Fsp3) is 0.429. The van der Waals surface area contributed by atoms with Crippen LogP contribution in [0.2, 0.25) is 10.0 Å². The molecule has 0 radical (unpaired) electrons. The van der Waals surface area contributed by atoms with Gasteiger partial charge in [0.25, 0.3) is 0 Å². The molecule has 1 aliphatic rings. The molecule has 0 saturated carbocycles. The van der Waals surface area contributed by atoms with Crippen LogP contribution in [0.3, 0.4) is 0 Å². The fourth-order valence-electron chi connectivity index (χ4n) is 3.41. The maximum Gasteiger partial charge on any atom is 0.361 e. The van der Waals surface area contributed by atoms with Crippen molar-refractivity contribution in [2.75, 3.05) is 26.2 Å². The molecule has 26 heavy (non-hydrogen) atoms. The van der Waals surface area contributed by atoms with Crippen LogP contribution in [0.4, 0.5) is 0 Å². The summed E-state index contributed by atoms with van der Waals surface area (Å²) < 4.78 is 6.35. The van der Waals surface area contributed by atoms with Gasteiger partial charge >= 0.3 is 6.92 Å². The molecule has 0 aliphatic carbocycles. The Labute approximate surface area is 167 Å². The van der Waals surface area contributed by atoms with E-state index in [4.69, 9.17) is 27.9 Å². The maximum atomic E-state index is 6.37. The molecule has 0 amide bonds. The quantitative estimate of drug-likeness (QED) is 0.685. The van der Waals surface area contributed by atoms with Gasteiger partial charge in [-0.25, -0.2) is 0 Å². The zero-order valence-corrected chi connectivity index (χ0v) is 17.1. The van der Waals surface area contributed by atoms with E-state index in [2.05, 4.69) is 29.2 Å². The third kappa shape index (κ3) is 5.04. The van der Waals surface area contributed by atoms with Crippen molar-refractivity contribution in [3.8, 4) is 0 Å². The average molecular weight is 390 g/mol. The fourth-order valence-corrected chi connectivity index (χ4v) is 3.79. The van der Waals surface area contributed by atoms with E-state index in [1.807, 2.05) is 26.0 Å². The maximum absolute atomic E-state index is 6.37. The van der Waals surface area contributed by atoms with Gasteiger partial charge in [-0.05, 0) is 74.0 Å². The Hall–Kier alpha value is -0.995. The molecule has 0 bridgehead atoms. The molecule has 0 atom stereocenters. The minimum absolute atomic E-state index is 0.156. The Balaban J connectivity index is 1.78. The third-order valence-electron chi connectivity index (χ3n) is 5.14. The summed E-state index contributed by atoms with van der Waals surface area (Å²) in [5.41, 5.74) is 4.28. The van der Waals surface area contributed by atoms with Gasteiger partial charge in [-0.15, -0.1) is 0 Å². The lowest BCUT2D eigenvalue weighted by molar-refractivity contribution is 0.186. The third-order valence-corrected chi connectivity index (χ3v) is 5.95. The van der Waals surface area contributed by atoms with Gasteiger partial charge in [-0.2, -0.15) is 0 Å². The molecule has 0 spiro atoms. The average Bonchev–Trinajstić information content (AvgIpc) is 2.65. The van der Waals surface area contributed by atoms with Gasteiger partial charge in [0.05, 0.1) is 0 Å². The molecule has 1 aliphatic heterocycles. The van der Waals surface area contributed by atoms with Crippen molar-refractivity contribution in [2.45, 2.75) is 33.1 Å². The van der Waals surface area contributed by atoms with Crippen LogP contribution < -0.4 is 10.9 Å². The van der Waals surface area contributed by atoms with E-state index in [-0.39, 0.29) is 6.92 Å². The van der Waals surface area contributed by atoms with E-state index in [1.165, 1.54) is 32.4 Å². The van der Waals surface area contributed by atoms with Crippen molar-refractivity contribution in [3.63, 3.8) is 0 Å². The van der Waals surface area contributed by atoms with Gasteiger partial charge in [0.15, 0.2) is 0 Å². The van der Waals surface area contributed by atoms with Crippen LogP contribution in [0.1, 0.15) is 30.4 Å². The number of nitrogens with zero attached hydrogens (tertiary/aromatic N) is 1. The summed E-state index contributed by atoms with van der Waals surface area (Å²) in [6, 6.07) is 12.3. The van der Waals surface area contributed by atoms with E-state index in [9.17, 15) is 0 Å². The highest BCUT2D eigenvalue weighted by Crippen LogP contribution is 2.15. The second-order valence-corrected chi connectivity index (χ2v) is 7.98. The number of likely N-dealkylation sites (tertiary alicyclic amines) is 1. The summed E-state index contributed by atoms with van der Waals surface area (Å²) in [6.07, 6.45) is 3.94. The van der Waals surface area contributed by atoms with Crippen LogP contribution in [0.25, 0.3) is 0 Å². The van der Waals surface area contributed by atoms with Crippen LogP contribution in [-0.2, 0) is 4.65 Å². The summed E-state index contributed by atoms with van der Waals surface area (Å²) in [5.74, 6) is 0. The van der Waals surface area contributed by atoms with Gasteiger partial charge in [-0.1, -0.05) is 53.9 Å². The van der Waals surface area contributed by atoms with Crippen molar-refractivity contribution in [1.29, 1.82) is 0 Å². The van der Waals surface area contributed by atoms with Crippen LogP contribution in [0.15, 0.2) is 36.4 Å². The number of halogens is 2. The number of benzene rings is 2. The number of rotatable bonds is 6. The monoisotopic (exact) mass is 389 g/mol. The minimum atomic E-state index is -0.156. The standard InChI is InChI=1S/C21H26BCl2NO/c1-16-6-8-18(14-20(16)23)22(19-9-7-17(2)21(24)15-19)26-13-12-25-10-4-3-5-11-25/h6-9,14-15H,3-5,10-13H2,1-2H3. The van der Waals surface area contributed by atoms with Crippen LogP contribution >= 0.6 is 23.2 Å². The Kier molecular flexibility index (Phi) is 7.05. The molecular weight excluding hydrogens is 364 g/mol. The first kappa shape index (κ1) is 19.8. The zero-order valence-electron chi connectivity index (χ0n) is 15.6. The van der Waals surface area contributed by atoms with E-state index in [1.54, 1.807) is 0 Å². The molecule has 0 aromatic heterocycles. The lowest BCUT2D eigenvalue weighted by atomic mass is 9.55. The van der Waals surface area contributed by atoms with E-state index in [0.717, 1.165) is 38.6 Å². The minimum Gasteiger partial charge on any atom is -0.426 e. The van der Waals surface area contributed by atoms with Crippen LogP contribution in [0, 0.1) is 13.8 Å². The summed E-state index contributed by atoms with van der Waals surface area (Å²) in [6.45, 7) is 7.90. The van der Waals surface area contributed by atoms with E-state index >= 15 is 0 Å². The molecule has 0 N–H and O–H groups in total. The molecule has 2 aromatic carbocycles. The predicted molar refractivity (Wildman–Crippen MR) is 114 cm³/mol. The Morgan fingerprint density at radius 2 is 1.42 bits per heavy atom. The van der Waals surface area contributed by atoms with E-state index in [0.29, 0.717) is 6.61 Å². The Bertz CT molecular complexity index is 695. The summed E-state index contributed by atoms with van der Waals surface area (Å²) in [5, 5.41) is 1.54. The van der Waals surface area contributed by atoms with Crippen molar-refractivity contribution >= 4 is 41.0 Å². The molecule has 2 aromatic rings.